The van der Waals surface area contributed by atoms with Gasteiger partial charge in [0.2, 0.25) is 0 Å². The number of methoxy groups -OCH3 is 1. The molecule has 18 heavy (non-hydrogen) atoms. The van der Waals surface area contributed by atoms with Gasteiger partial charge in [0.25, 0.3) is 0 Å². The smallest absolute Gasteiger partial charge is 0.326 e. The highest BCUT2D eigenvalue weighted by atomic mass is 19.1. The van der Waals surface area contributed by atoms with Crippen LogP contribution in [0.25, 0.3) is 0 Å². The van der Waals surface area contributed by atoms with E-state index in [2.05, 4.69) is 5.32 Å². The average Bonchev–Trinajstić information content (AvgIpc) is 2.32. The molecule has 0 heterocycles. The maximum atomic E-state index is 13.3. The highest BCUT2D eigenvalue weighted by molar-refractivity contribution is 5.78. The number of carboxylic acids is 1. The van der Waals surface area contributed by atoms with Crippen LogP contribution in [0.1, 0.15) is 12.8 Å². The number of hydrogen-bond acceptors (Lipinski definition) is 5. The molecule has 0 aromatic carbocycles. The summed E-state index contributed by atoms with van der Waals surface area (Å²) < 4.78 is 18.1. The van der Waals surface area contributed by atoms with Crippen LogP contribution in [0.5, 0.6) is 0 Å². The fourth-order valence-electron chi connectivity index (χ4n) is 1.24. The summed E-state index contributed by atoms with van der Waals surface area (Å²) in [5.74, 6) is -1.66. The normalized spacial score (nSPS) is 15.2. The maximum absolute atomic E-state index is 13.3. The SMILES string of the molecule is COC[C@@](N)(C/C=C(/F)CCNCC=N)C(=O)O. The topological polar surface area (TPSA) is 108 Å². The van der Waals surface area contributed by atoms with Gasteiger partial charge >= 0.3 is 5.97 Å². The van der Waals surface area contributed by atoms with E-state index in [0.29, 0.717) is 13.1 Å². The average molecular weight is 261 g/mol. The summed E-state index contributed by atoms with van der Waals surface area (Å²) in [4.78, 5) is 10.9. The molecule has 0 aliphatic rings. The van der Waals surface area contributed by atoms with Crippen LogP contribution in [-0.2, 0) is 9.53 Å². The van der Waals surface area contributed by atoms with Crippen LogP contribution in [0.4, 0.5) is 4.39 Å². The Labute approximate surface area is 106 Å². The van der Waals surface area contributed by atoms with Crippen molar-refractivity contribution < 1.29 is 19.0 Å². The molecule has 104 valence electrons. The minimum Gasteiger partial charge on any atom is -0.480 e. The van der Waals surface area contributed by atoms with E-state index in [9.17, 15) is 9.18 Å². The van der Waals surface area contributed by atoms with Gasteiger partial charge < -0.3 is 26.3 Å². The maximum Gasteiger partial charge on any atom is 0.326 e. The van der Waals surface area contributed by atoms with Crippen LogP contribution < -0.4 is 11.1 Å². The number of rotatable bonds is 10. The first kappa shape index (κ1) is 16.7. The summed E-state index contributed by atoms with van der Waals surface area (Å²) in [5, 5.41) is 18.5. The number of hydrogen-bond donors (Lipinski definition) is 4. The molecule has 0 amide bonds. The Kier molecular flexibility index (Phi) is 8.10. The number of ether oxygens (including phenoxy) is 1. The molecule has 0 unspecified atom stereocenters. The largest absolute Gasteiger partial charge is 0.480 e. The zero-order chi connectivity index (χ0) is 14.0. The summed E-state index contributed by atoms with van der Waals surface area (Å²) in [5.41, 5.74) is 3.99. The van der Waals surface area contributed by atoms with E-state index >= 15 is 0 Å². The third-order valence-electron chi connectivity index (χ3n) is 2.30. The van der Waals surface area contributed by atoms with Gasteiger partial charge in [-0.15, -0.1) is 0 Å². The van der Waals surface area contributed by atoms with Gasteiger partial charge in [-0.25, -0.2) is 4.39 Å². The van der Waals surface area contributed by atoms with Gasteiger partial charge in [0.1, 0.15) is 5.54 Å². The Morgan fingerprint density at radius 3 is 2.83 bits per heavy atom. The quantitative estimate of drug-likeness (QED) is 0.334. The summed E-state index contributed by atoms with van der Waals surface area (Å²) in [6, 6.07) is 0. The molecule has 0 spiro atoms. The predicted octanol–water partition coefficient (Wildman–Crippen LogP) is 0.288. The zero-order valence-electron chi connectivity index (χ0n) is 10.4. The van der Waals surface area contributed by atoms with Crippen molar-refractivity contribution in [2.24, 2.45) is 5.73 Å². The van der Waals surface area contributed by atoms with E-state index in [-0.39, 0.29) is 19.4 Å². The molecule has 0 saturated carbocycles. The molecule has 0 rings (SSSR count). The first-order valence-corrected chi connectivity index (χ1v) is 5.51. The first-order chi connectivity index (χ1) is 8.46. The third-order valence-corrected chi connectivity index (χ3v) is 2.30. The van der Waals surface area contributed by atoms with Gasteiger partial charge in [0, 0.05) is 32.8 Å². The Morgan fingerprint density at radius 2 is 2.33 bits per heavy atom. The summed E-state index contributed by atoms with van der Waals surface area (Å²) in [6.45, 7) is 0.581. The molecular weight excluding hydrogens is 241 g/mol. The Balaban J connectivity index is 4.22. The number of carboxylic acid groups (broad SMARTS) is 1. The van der Waals surface area contributed by atoms with Crippen molar-refractivity contribution in [3.05, 3.63) is 11.9 Å². The van der Waals surface area contributed by atoms with Crippen LogP contribution in [0.2, 0.25) is 0 Å². The van der Waals surface area contributed by atoms with Crippen LogP contribution in [0.15, 0.2) is 11.9 Å². The van der Waals surface area contributed by atoms with Crippen LogP contribution in [-0.4, -0.2) is 49.6 Å². The van der Waals surface area contributed by atoms with Gasteiger partial charge in [0.05, 0.1) is 12.4 Å². The zero-order valence-corrected chi connectivity index (χ0v) is 10.4. The minimum absolute atomic E-state index is 0.132. The molecule has 0 aromatic rings. The van der Waals surface area contributed by atoms with Gasteiger partial charge in [-0.05, 0) is 6.42 Å². The molecule has 7 heteroatoms. The summed E-state index contributed by atoms with van der Waals surface area (Å²) in [7, 11) is 1.34. The highest BCUT2D eigenvalue weighted by Crippen LogP contribution is 2.13. The number of aliphatic carboxylic acids is 1. The van der Waals surface area contributed by atoms with Crippen molar-refractivity contribution in [3.63, 3.8) is 0 Å². The van der Waals surface area contributed by atoms with E-state index in [1.54, 1.807) is 0 Å². The van der Waals surface area contributed by atoms with Crippen LogP contribution in [0, 0.1) is 5.41 Å². The molecule has 0 aromatic heterocycles. The fraction of sp³-hybridized carbons (Fsp3) is 0.636. The molecule has 6 nitrogen and oxygen atoms in total. The van der Waals surface area contributed by atoms with E-state index in [1.807, 2.05) is 0 Å². The van der Waals surface area contributed by atoms with E-state index < -0.39 is 17.3 Å². The number of halogens is 1. The lowest BCUT2D eigenvalue weighted by Gasteiger charge is -2.21. The van der Waals surface area contributed by atoms with E-state index in [0.717, 1.165) is 0 Å². The molecule has 5 N–H and O–H groups in total. The van der Waals surface area contributed by atoms with Gasteiger partial charge in [-0.2, -0.15) is 0 Å². The third kappa shape index (κ3) is 6.43. The lowest BCUT2D eigenvalue weighted by atomic mass is 9.97. The van der Waals surface area contributed by atoms with Crippen molar-refractivity contribution in [1.29, 1.82) is 5.41 Å². The Hall–Kier alpha value is -1.31. The molecule has 0 aliphatic carbocycles. The summed E-state index contributed by atoms with van der Waals surface area (Å²) >= 11 is 0. The van der Waals surface area contributed by atoms with E-state index in [1.165, 1.54) is 19.4 Å². The van der Waals surface area contributed by atoms with E-state index in [4.69, 9.17) is 21.0 Å². The molecule has 1 atom stereocenters. The molecule has 0 fully saturated rings. The predicted molar refractivity (Wildman–Crippen MR) is 66.5 cm³/mol. The minimum atomic E-state index is -1.60. The van der Waals surface area contributed by atoms with Crippen molar-refractivity contribution in [3.8, 4) is 0 Å². The van der Waals surface area contributed by atoms with Crippen molar-refractivity contribution in [1.82, 2.24) is 5.32 Å². The first-order valence-electron chi connectivity index (χ1n) is 5.51. The number of nitrogens with two attached hydrogens (primary N) is 1. The van der Waals surface area contributed by atoms with Crippen molar-refractivity contribution >= 4 is 12.2 Å². The lowest BCUT2D eigenvalue weighted by Crippen LogP contribution is -2.51. The van der Waals surface area contributed by atoms with Crippen LogP contribution >= 0.6 is 0 Å². The lowest BCUT2D eigenvalue weighted by molar-refractivity contribution is -0.145. The molecule has 0 radical (unpaired) electrons. The highest BCUT2D eigenvalue weighted by Gasteiger charge is 2.33. The Morgan fingerprint density at radius 1 is 1.67 bits per heavy atom. The van der Waals surface area contributed by atoms with Gasteiger partial charge in [-0.1, -0.05) is 6.08 Å². The Bertz CT molecular complexity index is 310. The number of nitrogens with one attached hydrogen (secondary N) is 2. The second kappa shape index (κ2) is 8.73. The van der Waals surface area contributed by atoms with Gasteiger partial charge in [-0.3, -0.25) is 4.79 Å². The molecular formula is C11H20FN3O3. The second-order valence-electron chi connectivity index (χ2n) is 3.91. The van der Waals surface area contributed by atoms with Crippen molar-refractivity contribution in [2.75, 3.05) is 26.8 Å². The molecule has 0 aliphatic heterocycles. The molecule has 0 saturated heterocycles. The monoisotopic (exact) mass is 261 g/mol. The number of carbonyl (C=O) groups is 1. The fourth-order valence-corrected chi connectivity index (χ4v) is 1.24. The van der Waals surface area contributed by atoms with Gasteiger partial charge in [0.15, 0.2) is 0 Å². The molecule has 0 bridgehead atoms. The summed E-state index contributed by atoms with van der Waals surface area (Å²) in [6.07, 6.45) is 2.35. The standard InChI is InChI=1S/C11H20FN3O3/c1-18-8-11(14,10(16)17)4-2-9(12)3-6-15-7-5-13/h2,5,13,15H,3-4,6-8,14H2,1H3,(H,16,17)/b9-2+,13-5?/t11-/m0/s1. The van der Waals surface area contributed by atoms with Crippen molar-refractivity contribution in [2.45, 2.75) is 18.4 Å². The van der Waals surface area contributed by atoms with Crippen LogP contribution in [0.3, 0.4) is 0 Å². The second-order valence-corrected chi connectivity index (χ2v) is 3.91.